The van der Waals surface area contributed by atoms with Crippen LogP contribution in [0.5, 0.6) is 0 Å². The van der Waals surface area contributed by atoms with E-state index in [4.69, 9.17) is 16.4 Å². The third kappa shape index (κ3) is 3.32. The van der Waals surface area contributed by atoms with E-state index in [1.807, 2.05) is 0 Å². The lowest BCUT2D eigenvalue weighted by molar-refractivity contribution is -0.125. The van der Waals surface area contributed by atoms with Gasteiger partial charge in [0.2, 0.25) is 6.10 Å². The summed E-state index contributed by atoms with van der Waals surface area (Å²) in [6.07, 6.45) is -0.746. The van der Waals surface area contributed by atoms with Gasteiger partial charge in [0.25, 0.3) is 5.91 Å². The van der Waals surface area contributed by atoms with Crippen LogP contribution in [0.15, 0.2) is 47.6 Å². The maximum Gasteiger partial charge on any atom is 0.268 e. The third-order valence-corrected chi connectivity index (χ3v) is 3.62. The summed E-state index contributed by atoms with van der Waals surface area (Å²) in [5, 5.41) is 6.12. The Bertz CT molecular complexity index is 795. The summed E-state index contributed by atoms with van der Waals surface area (Å²) in [4.78, 5) is 17.2. The topological polar surface area (TPSA) is 50.7 Å². The van der Waals surface area contributed by atoms with Crippen LogP contribution in [0.3, 0.4) is 0 Å². The molecule has 23 heavy (non-hydrogen) atoms. The molecule has 0 aliphatic carbocycles. The Morgan fingerprint density at radius 1 is 1.26 bits per heavy atom. The van der Waals surface area contributed by atoms with Crippen LogP contribution in [0.2, 0.25) is 5.02 Å². The van der Waals surface area contributed by atoms with Gasteiger partial charge in [-0.3, -0.25) is 4.79 Å². The van der Waals surface area contributed by atoms with Crippen molar-refractivity contribution < 1.29 is 18.4 Å². The lowest BCUT2D eigenvalue weighted by Crippen LogP contribution is -2.28. The first-order chi connectivity index (χ1) is 11.0. The van der Waals surface area contributed by atoms with E-state index in [1.54, 1.807) is 12.1 Å². The molecule has 3 rings (SSSR count). The molecule has 1 atom stereocenters. The lowest BCUT2D eigenvalue weighted by Gasteiger charge is -2.10. The standard InChI is InChI=1S/C16H11ClF2N2O2/c17-11-5-2-6-12(15(11)19)20-16(22)14-8-13(21-23-14)9-3-1-4-10(18)7-9/h1-7,14H,8H2,(H,20,22). The number of hydrogen-bond acceptors (Lipinski definition) is 3. The summed E-state index contributed by atoms with van der Waals surface area (Å²) in [7, 11) is 0. The summed E-state index contributed by atoms with van der Waals surface area (Å²) < 4.78 is 27.0. The van der Waals surface area contributed by atoms with Crippen molar-refractivity contribution in [2.45, 2.75) is 12.5 Å². The molecule has 7 heteroatoms. The van der Waals surface area contributed by atoms with Crippen molar-refractivity contribution in [2.75, 3.05) is 5.32 Å². The molecule has 0 bridgehead atoms. The number of rotatable bonds is 3. The second kappa shape index (κ2) is 6.34. The molecule has 1 aliphatic rings. The Hall–Kier alpha value is -2.47. The second-order valence-corrected chi connectivity index (χ2v) is 5.34. The van der Waals surface area contributed by atoms with Gasteiger partial charge in [0.15, 0.2) is 5.82 Å². The van der Waals surface area contributed by atoms with Gasteiger partial charge in [-0.1, -0.05) is 35.0 Å². The van der Waals surface area contributed by atoms with E-state index in [0.29, 0.717) is 11.3 Å². The maximum atomic E-state index is 13.8. The zero-order valence-electron chi connectivity index (χ0n) is 11.7. The smallest absolute Gasteiger partial charge is 0.268 e. The summed E-state index contributed by atoms with van der Waals surface area (Å²) in [6, 6.07) is 10.1. The molecule has 1 unspecified atom stereocenters. The SMILES string of the molecule is O=C(Nc1cccc(Cl)c1F)C1CC(c2cccc(F)c2)=NO1. The molecule has 1 N–H and O–H groups in total. The van der Waals surface area contributed by atoms with Gasteiger partial charge in [-0.15, -0.1) is 0 Å². The fourth-order valence-corrected chi connectivity index (χ4v) is 2.34. The molecule has 1 aliphatic heterocycles. The number of halogens is 3. The number of nitrogens with zero attached hydrogens (tertiary/aromatic N) is 1. The van der Waals surface area contributed by atoms with E-state index >= 15 is 0 Å². The van der Waals surface area contributed by atoms with E-state index in [-0.39, 0.29) is 17.1 Å². The number of nitrogens with one attached hydrogen (secondary N) is 1. The highest BCUT2D eigenvalue weighted by atomic mass is 35.5. The molecule has 0 saturated heterocycles. The van der Waals surface area contributed by atoms with Gasteiger partial charge in [-0.05, 0) is 24.3 Å². The van der Waals surface area contributed by atoms with Crippen LogP contribution in [-0.4, -0.2) is 17.7 Å². The monoisotopic (exact) mass is 336 g/mol. The van der Waals surface area contributed by atoms with Crippen LogP contribution in [0.4, 0.5) is 14.5 Å². The second-order valence-electron chi connectivity index (χ2n) is 4.94. The Kier molecular flexibility index (Phi) is 4.25. The van der Waals surface area contributed by atoms with E-state index in [1.165, 1.54) is 30.3 Å². The minimum atomic E-state index is -0.911. The number of amides is 1. The van der Waals surface area contributed by atoms with Gasteiger partial charge in [0, 0.05) is 12.0 Å². The summed E-state index contributed by atoms with van der Waals surface area (Å²) in [5.41, 5.74) is 0.954. The van der Waals surface area contributed by atoms with Crippen molar-refractivity contribution in [3.05, 3.63) is 64.7 Å². The first-order valence-electron chi connectivity index (χ1n) is 6.78. The molecule has 1 amide bonds. The highest BCUT2D eigenvalue weighted by molar-refractivity contribution is 6.31. The summed E-state index contributed by atoms with van der Waals surface area (Å²) >= 11 is 5.66. The maximum absolute atomic E-state index is 13.8. The van der Waals surface area contributed by atoms with Crippen LogP contribution < -0.4 is 5.32 Å². The molecular formula is C16H11ClF2N2O2. The molecule has 0 radical (unpaired) electrons. The Balaban J connectivity index is 1.68. The van der Waals surface area contributed by atoms with E-state index < -0.39 is 23.6 Å². The molecule has 0 saturated carbocycles. The van der Waals surface area contributed by atoms with Crippen LogP contribution in [0.25, 0.3) is 0 Å². The third-order valence-electron chi connectivity index (χ3n) is 3.33. The molecule has 2 aromatic rings. The van der Waals surface area contributed by atoms with Crippen LogP contribution >= 0.6 is 11.6 Å². The van der Waals surface area contributed by atoms with Crippen molar-refractivity contribution in [3.8, 4) is 0 Å². The largest absolute Gasteiger partial charge is 0.382 e. The first-order valence-corrected chi connectivity index (χ1v) is 7.16. The first kappa shape index (κ1) is 15.4. The van der Waals surface area contributed by atoms with Crippen LogP contribution in [0.1, 0.15) is 12.0 Å². The molecule has 0 aromatic heterocycles. The zero-order chi connectivity index (χ0) is 16.4. The normalized spacial score (nSPS) is 16.7. The number of oxime groups is 1. The molecular weight excluding hydrogens is 326 g/mol. The predicted octanol–water partition coefficient (Wildman–Crippen LogP) is 3.75. The average molecular weight is 337 g/mol. The van der Waals surface area contributed by atoms with Gasteiger partial charge in [-0.2, -0.15) is 0 Å². The predicted molar refractivity (Wildman–Crippen MR) is 82.5 cm³/mol. The molecule has 2 aromatic carbocycles. The van der Waals surface area contributed by atoms with Gasteiger partial charge in [-0.25, -0.2) is 8.78 Å². The number of carbonyl (C=O) groups is 1. The van der Waals surface area contributed by atoms with Crippen molar-refractivity contribution in [2.24, 2.45) is 5.16 Å². The highest BCUT2D eigenvalue weighted by Gasteiger charge is 2.29. The lowest BCUT2D eigenvalue weighted by atomic mass is 10.0. The molecule has 1 heterocycles. The van der Waals surface area contributed by atoms with Gasteiger partial charge in [0.05, 0.1) is 16.4 Å². The van der Waals surface area contributed by atoms with E-state index in [2.05, 4.69) is 10.5 Å². The van der Waals surface area contributed by atoms with Crippen molar-refractivity contribution in [1.29, 1.82) is 0 Å². The quantitative estimate of drug-likeness (QED) is 0.928. The fraction of sp³-hybridized carbons (Fsp3) is 0.125. The molecule has 0 spiro atoms. The summed E-state index contributed by atoms with van der Waals surface area (Å²) in [6.45, 7) is 0. The molecule has 4 nitrogen and oxygen atoms in total. The number of carbonyl (C=O) groups excluding carboxylic acids is 1. The zero-order valence-corrected chi connectivity index (χ0v) is 12.5. The highest BCUT2D eigenvalue weighted by Crippen LogP contribution is 2.24. The minimum Gasteiger partial charge on any atom is -0.382 e. The molecule has 118 valence electrons. The van der Waals surface area contributed by atoms with Gasteiger partial charge in [0.1, 0.15) is 5.82 Å². The van der Waals surface area contributed by atoms with Crippen LogP contribution in [0, 0.1) is 11.6 Å². The minimum absolute atomic E-state index is 0.0368. The van der Waals surface area contributed by atoms with Crippen molar-refractivity contribution >= 4 is 28.9 Å². The number of anilines is 1. The average Bonchev–Trinajstić information content (AvgIpc) is 3.02. The fourth-order valence-electron chi connectivity index (χ4n) is 2.17. The Morgan fingerprint density at radius 3 is 2.83 bits per heavy atom. The molecule has 0 fully saturated rings. The summed E-state index contributed by atoms with van der Waals surface area (Å²) in [5.74, 6) is -1.67. The van der Waals surface area contributed by atoms with Crippen molar-refractivity contribution in [1.82, 2.24) is 0 Å². The number of benzene rings is 2. The van der Waals surface area contributed by atoms with Gasteiger partial charge < -0.3 is 10.2 Å². The van der Waals surface area contributed by atoms with E-state index in [9.17, 15) is 13.6 Å². The van der Waals surface area contributed by atoms with Crippen LogP contribution in [-0.2, 0) is 9.63 Å². The van der Waals surface area contributed by atoms with Gasteiger partial charge >= 0.3 is 0 Å². The Morgan fingerprint density at radius 2 is 2.04 bits per heavy atom. The number of hydrogen-bond donors (Lipinski definition) is 1. The van der Waals surface area contributed by atoms with E-state index in [0.717, 1.165) is 0 Å². The Labute approximate surface area is 135 Å². The van der Waals surface area contributed by atoms with Crippen molar-refractivity contribution in [3.63, 3.8) is 0 Å².